The fraction of sp³-hybridized carbons (Fsp3) is 0.556. The van der Waals surface area contributed by atoms with Crippen LogP contribution in [0, 0.1) is 11.7 Å². The van der Waals surface area contributed by atoms with Crippen molar-refractivity contribution in [1.29, 1.82) is 0 Å². The zero-order valence-corrected chi connectivity index (χ0v) is 14.6. The van der Waals surface area contributed by atoms with E-state index in [4.69, 9.17) is 4.74 Å². The van der Waals surface area contributed by atoms with E-state index in [1.807, 2.05) is 27.7 Å². The number of carbonyl (C=O) groups is 2. The van der Waals surface area contributed by atoms with Gasteiger partial charge in [0.25, 0.3) is 5.91 Å². The van der Waals surface area contributed by atoms with Crippen LogP contribution < -0.4 is 5.32 Å². The highest BCUT2D eigenvalue weighted by atomic mass is 19.1. The molecule has 132 valence electrons. The Balaban J connectivity index is 2.09. The van der Waals surface area contributed by atoms with Crippen molar-refractivity contribution >= 4 is 11.8 Å². The van der Waals surface area contributed by atoms with Crippen LogP contribution in [-0.2, 0) is 9.53 Å². The van der Waals surface area contributed by atoms with E-state index in [1.165, 1.54) is 24.3 Å². The number of ether oxygens (including phenoxy) is 1. The molecule has 1 fully saturated rings. The maximum Gasteiger partial charge on any atom is 0.251 e. The Labute approximate surface area is 142 Å². The number of nitrogens with one attached hydrogen (secondary N) is 1. The molecule has 0 radical (unpaired) electrons. The molecule has 1 saturated heterocycles. The summed E-state index contributed by atoms with van der Waals surface area (Å²) in [7, 11) is 0. The van der Waals surface area contributed by atoms with E-state index in [2.05, 4.69) is 5.32 Å². The van der Waals surface area contributed by atoms with Gasteiger partial charge in [0.05, 0.1) is 12.2 Å². The summed E-state index contributed by atoms with van der Waals surface area (Å²) in [6, 6.07) is 4.65. The molecule has 1 aromatic rings. The number of nitrogens with zero attached hydrogens (tertiary/aromatic N) is 1. The summed E-state index contributed by atoms with van der Waals surface area (Å²) >= 11 is 0. The Bertz CT molecular complexity index is 578. The van der Waals surface area contributed by atoms with Gasteiger partial charge in [0.1, 0.15) is 11.9 Å². The van der Waals surface area contributed by atoms with Gasteiger partial charge in [-0.2, -0.15) is 0 Å². The third-order valence-corrected chi connectivity index (χ3v) is 4.06. The summed E-state index contributed by atoms with van der Waals surface area (Å²) in [6.45, 7) is 8.66. The summed E-state index contributed by atoms with van der Waals surface area (Å²) in [5.74, 6) is -0.950. The molecule has 3 atom stereocenters. The molecule has 0 aliphatic carbocycles. The van der Waals surface area contributed by atoms with Gasteiger partial charge in [-0.25, -0.2) is 4.39 Å². The zero-order valence-electron chi connectivity index (χ0n) is 14.6. The van der Waals surface area contributed by atoms with Crippen molar-refractivity contribution in [3.8, 4) is 0 Å². The average molecular weight is 336 g/mol. The molecule has 1 aliphatic rings. The molecule has 0 bridgehead atoms. The summed E-state index contributed by atoms with van der Waals surface area (Å²) in [5, 5.41) is 2.79. The third-order valence-electron chi connectivity index (χ3n) is 4.06. The van der Waals surface area contributed by atoms with Gasteiger partial charge in [0.15, 0.2) is 0 Å². The van der Waals surface area contributed by atoms with Gasteiger partial charge in [0, 0.05) is 18.7 Å². The van der Waals surface area contributed by atoms with Gasteiger partial charge in [-0.15, -0.1) is 0 Å². The second kappa shape index (κ2) is 7.75. The fourth-order valence-corrected chi connectivity index (χ4v) is 2.89. The van der Waals surface area contributed by atoms with Gasteiger partial charge in [-0.05, 0) is 44.0 Å². The van der Waals surface area contributed by atoms with E-state index in [9.17, 15) is 14.0 Å². The highest BCUT2D eigenvalue weighted by Crippen LogP contribution is 2.15. The molecule has 2 rings (SSSR count). The van der Waals surface area contributed by atoms with Crippen LogP contribution in [0.5, 0.6) is 0 Å². The Hall–Kier alpha value is -1.95. The van der Waals surface area contributed by atoms with Gasteiger partial charge >= 0.3 is 0 Å². The van der Waals surface area contributed by atoms with Gasteiger partial charge < -0.3 is 15.0 Å². The molecule has 0 saturated carbocycles. The highest BCUT2D eigenvalue weighted by molar-refractivity contribution is 5.97. The Morgan fingerprint density at radius 3 is 2.21 bits per heavy atom. The topological polar surface area (TPSA) is 58.6 Å². The number of hydrogen-bond donors (Lipinski definition) is 1. The lowest BCUT2D eigenvalue weighted by molar-refractivity contribution is -0.146. The van der Waals surface area contributed by atoms with Gasteiger partial charge in [0.2, 0.25) is 5.91 Å². The molecule has 2 amide bonds. The minimum Gasteiger partial charge on any atom is -0.372 e. The number of morpholine rings is 1. The van der Waals surface area contributed by atoms with Crippen LogP contribution >= 0.6 is 0 Å². The van der Waals surface area contributed by atoms with Crippen LogP contribution in [0.15, 0.2) is 24.3 Å². The smallest absolute Gasteiger partial charge is 0.251 e. The van der Waals surface area contributed by atoms with E-state index in [0.29, 0.717) is 18.7 Å². The maximum atomic E-state index is 13.0. The van der Waals surface area contributed by atoms with Crippen molar-refractivity contribution in [3.05, 3.63) is 35.6 Å². The fourth-order valence-electron chi connectivity index (χ4n) is 2.89. The molecule has 6 heteroatoms. The van der Waals surface area contributed by atoms with Crippen molar-refractivity contribution in [3.63, 3.8) is 0 Å². The molecule has 5 nitrogen and oxygen atoms in total. The van der Waals surface area contributed by atoms with E-state index in [-0.39, 0.29) is 29.9 Å². The van der Waals surface area contributed by atoms with Crippen molar-refractivity contribution in [2.45, 2.75) is 45.9 Å². The number of amides is 2. The summed E-state index contributed by atoms with van der Waals surface area (Å²) in [4.78, 5) is 26.9. The highest BCUT2D eigenvalue weighted by Gasteiger charge is 2.33. The minimum atomic E-state index is -0.625. The average Bonchev–Trinajstić information content (AvgIpc) is 2.51. The van der Waals surface area contributed by atoms with E-state index >= 15 is 0 Å². The largest absolute Gasteiger partial charge is 0.372 e. The monoisotopic (exact) mass is 336 g/mol. The molecule has 24 heavy (non-hydrogen) atoms. The second-order valence-electron chi connectivity index (χ2n) is 6.70. The molecule has 0 aromatic heterocycles. The molecule has 1 aromatic carbocycles. The van der Waals surface area contributed by atoms with E-state index in [0.717, 1.165) is 0 Å². The van der Waals surface area contributed by atoms with Crippen LogP contribution in [0.25, 0.3) is 0 Å². The lowest BCUT2D eigenvalue weighted by atomic mass is 10.0. The van der Waals surface area contributed by atoms with E-state index in [1.54, 1.807) is 4.90 Å². The van der Waals surface area contributed by atoms with Crippen LogP contribution in [0.4, 0.5) is 4.39 Å². The lowest BCUT2D eigenvalue weighted by Crippen LogP contribution is -2.56. The molecule has 1 heterocycles. The first-order chi connectivity index (χ1) is 11.3. The predicted octanol–water partition coefficient (Wildman–Crippen LogP) is 2.22. The zero-order chi connectivity index (χ0) is 17.9. The Morgan fingerprint density at radius 1 is 1.17 bits per heavy atom. The summed E-state index contributed by atoms with van der Waals surface area (Å²) in [5.41, 5.74) is 0.332. The first kappa shape index (κ1) is 18.4. The molecule has 0 spiro atoms. The normalized spacial score (nSPS) is 22.3. The number of hydrogen-bond acceptors (Lipinski definition) is 3. The Morgan fingerprint density at radius 2 is 1.71 bits per heavy atom. The first-order valence-corrected chi connectivity index (χ1v) is 8.28. The molecule has 1 N–H and O–H groups in total. The summed E-state index contributed by atoms with van der Waals surface area (Å²) < 4.78 is 18.6. The van der Waals surface area contributed by atoms with Crippen LogP contribution in [-0.4, -0.2) is 48.1 Å². The van der Waals surface area contributed by atoms with Crippen LogP contribution in [0.1, 0.15) is 38.1 Å². The maximum absolute atomic E-state index is 13.0. The number of rotatable bonds is 4. The lowest BCUT2D eigenvalue weighted by Gasteiger charge is -2.38. The predicted molar refractivity (Wildman–Crippen MR) is 89.1 cm³/mol. The van der Waals surface area contributed by atoms with Crippen molar-refractivity contribution in [2.24, 2.45) is 5.92 Å². The van der Waals surface area contributed by atoms with Crippen molar-refractivity contribution < 1.29 is 18.7 Å². The number of benzene rings is 1. The quantitative estimate of drug-likeness (QED) is 0.917. The molecular weight excluding hydrogens is 311 g/mol. The van der Waals surface area contributed by atoms with Crippen LogP contribution in [0.3, 0.4) is 0 Å². The first-order valence-electron chi connectivity index (χ1n) is 8.28. The van der Waals surface area contributed by atoms with Crippen molar-refractivity contribution in [1.82, 2.24) is 10.2 Å². The molecule has 3 unspecified atom stereocenters. The van der Waals surface area contributed by atoms with Crippen LogP contribution in [0.2, 0.25) is 0 Å². The second-order valence-corrected chi connectivity index (χ2v) is 6.70. The Kier molecular flexibility index (Phi) is 5.94. The third kappa shape index (κ3) is 4.54. The number of halogens is 1. The summed E-state index contributed by atoms with van der Waals surface area (Å²) in [6.07, 6.45) is -0.0587. The van der Waals surface area contributed by atoms with E-state index < -0.39 is 11.9 Å². The minimum absolute atomic E-state index is 0.0293. The standard InChI is InChI=1S/C18H25FN2O3/c1-11(2)16(18(23)21-9-12(3)24-13(4)10-21)20-17(22)14-5-7-15(19)8-6-14/h5-8,11-13,16H,9-10H2,1-4H3,(H,20,22). The molecular formula is C18H25FN2O3. The van der Waals surface area contributed by atoms with Gasteiger partial charge in [-0.1, -0.05) is 13.8 Å². The SMILES string of the molecule is CC1CN(C(=O)C(NC(=O)c2ccc(F)cc2)C(C)C)CC(C)O1. The number of carbonyl (C=O) groups excluding carboxylic acids is 2. The molecule has 1 aliphatic heterocycles. The van der Waals surface area contributed by atoms with Crippen molar-refractivity contribution in [2.75, 3.05) is 13.1 Å². The van der Waals surface area contributed by atoms with Gasteiger partial charge in [-0.3, -0.25) is 9.59 Å².